The normalized spacial score (nSPS) is 39.8. The van der Waals surface area contributed by atoms with Crippen molar-refractivity contribution in [1.29, 1.82) is 0 Å². The van der Waals surface area contributed by atoms with Crippen molar-refractivity contribution in [3.05, 3.63) is 0 Å². The fourth-order valence-electron chi connectivity index (χ4n) is 3.91. The SMILES string of the molecule is CC(=O)CCC(=O)O[C@H]1[C@H](O)[C@@H](O)[C@H](O)[C@@H]2OC3(CCCCC3)O[C@H]12. The van der Waals surface area contributed by atoms with Gasteiger partial charge in [-0.05, 0) is 19.8 Å². The molecule has 1 aliphatic heterocycles. The van der Waals surface area contributed by atoms with E-state index < -0.39 is 48.4 Å². The molecule has 2 saturated carbocycles. The number of esters is 1. The zero-order valence-electron chi connectivity index (χ0n) is 14.3. The van der Waals surface area contributed by atoms with Crippen LogP contribution in [-0.2, 0) is 23.8 Å². The third-order valence-corrected chi connectivity index (χ3v) is 5.29. The van der Waals surface area contributed by atoms with Gasteiger partial charge in [-0.3, -0.25) is 4.79 Å². The van der Waals surface area contributed by atoms with Gasteiger partial charge in [0, 0.05) is 19.3 Å². The van der Waals surface area contributed by atoms with E-state index in [0.717, 1.165) is 19.3 Å². The lowest BCUT2D eigenvalue weighted by Gasteiger charge is -2.40. The second-order valence-electron chi connectivity index (χ2n) is 7.26. The highest BCUT2D eigenvalue weighted by Crippen LogP contribution is 2.45. The highest BCUT2D eigenvalue weighted by atomic mass is 16.8. The predicted molar refractivity (Wildman–Crippen MR) is 83.4 cm³/mol. The number of fused-ring (bicyclic) bond motifs is 1. The highest BCUT2D eigenvalue weighted by Gasteiger charge is 2.61. The lowest BCUT2D eigenvalue weighted by Crippen LogP contribution is -2.63. The summed E-state index contributed by atoms with van der Waals surface area (Å²) in [5.74, 6) is -1.66. The van der Waals surface area contributed by atoms with Gasteiger partial charge in [-0.1, -0.05) is 6.42 Å². The van der Waals surface area contributed by atoms with Gasteiger partial charge in [0.2, 0.25) is 0 Å². The standard InChI is InChI=1S/C17H26O8/c1-9(18)5-6-10(19)23-14-12(21)11(20)13(22)15-16(14)25-17(24-15)7-3-2-4-8-17/h11-16,20-22H,2-8H2,1H3/t11-,12-,13+,14+,15+,16-/m1/s1. The first kappa shape index (κ1) is 18.7. The van der Waals surface area contributed by atoms with Crippen molar-refractivity contribution in [3.63, 3.8) is 0 Å². The van der Waals surface area contributed by atoms with E-state index in [1.807, 2.05) is 0 Å². The maximum atomic E-state index is 12.0. The van der Waals surface area contributed by atoms with Crippen LogP contribution >= 0.6 is 0 Å². The molecule has 8 heteroatoms. The Bertz CT molecular complexity index is 515. The van der Waals surface area contributed by atoms with Crippen molar-refractivity contribution in [2.45, 2.75) is 94.3 Å². The largest absolute Gasteiger partial charge is 0.457 e. The maximum Gasteiger partial charge on any atom is 0.306 e. The van der Waals surface area contributed by atoms with Crippen molar-refractivity contribution < 1.29 is 39.1 Å². The number of hydrogen-bond donors (Lipinski definition) is 3. The molecule has 1 heterocycles. The zero-order chi connectivity index (χ0) is 18.2. The van der Waals surface area contributed by atoms with Crippen molar-refractivity contribution in [2.24, 2.45) is 0 Å². The van der Waals surface area contributed by atoms with Gasteiger partial charge in [0.15, 0.2) is 11.9 Å². The summed E-state index contributed by atoms with van der Waals surface area (Å²) in [5, 5.41) is 30.6. The summed E-state index contributed by atoms with van der Waals surface area (Å²) in [4.78, 5) is 23.0. The number of Topliss-reactive ketones (excluding diaryl/α,β-unsaturated/α-hetero) is 1. The highest BCUT2D eigenvalue weighted by molar-refractivity contribution is 5.81. The van der Waals surface area contributed by atoms with Crippen LogP contribution in [0.5, 0.6) is 0 Å². The molecule has 3 rings (SSSR count). The summed E-state index contributed by atoms with van der Waals surface area (Å²) >= 11 is 0. The number of ether oxygens (including phenoxy) is 3. The molecule has 0 bridgehead atoms. The molecule has 1 saturated heterocycles. The second kappa shape index (κ2) is 7.28. The molecule has 6 atom stereocenters. The summed E-state index contributed by atoms with van der Waals surface area (Å²) in [5.41, 5.74) is 0. The predicted octanol–water partition coefficient (Wildman–Crippen LogP) is -0.192. The lowest BCUT2D eigenvalue weighted by molar-refractivity contribution is -0.212. The molecule has 1 spiro atoms. The van der Waals surface area contributed by atoms with E-state index in [9.17, 15) is 24.9 Å². The van der Waals surface area contributed by atoms with E-state index in [4.69, 9.17) is 14.2 Å². The lowest BCUT2D eigenvalue weighted by atomic mass is 9.85. The quantitative estimate of drug-likeness (QED) is 0.591. The third-order valence-electron chi connectivity index (χ3n) is 5.29. The van der Waals surface area contributed by atoms with Crippen molar-refractivity contribution in [3.8, 4) is 0 Å². The molecular formula is C17H26O8. The van der Waals surface area contributed by atoms with Crippen LogP contribution < -0.4 is 0 Å². The zero-order valence-corrected chi connectivity index (χ0v) is 14.3. The Balaban J connectivity index is 1.74. The van der Waals surface area contributed by atoms with Crippen LogP contribution in [-0.4, -0.2) is 69.5 Å². The molecule has 25 heavy (non-hydrogen) atoms. The van der Waals surface area contributed by atoms with Gasteiger partial charge in [0.25, 0.3) is 0 Å². The number of carbonyl (C=O) groups excluding carboxylic acids is 2. The van der Waals surface area contributed by atoms with Gasteiger partial charge in [-0.2, -0.15) is 0 Å². The van der Waals surface area contributed by atoms with Crippen molar-refractivity contribution in [2.75, 3.05) is 0 Å². The van der Waals surface area contributed by atoms with Gasteiger partial charge in [0.05, 0.1) is 6.42 Å². The molecule has 0 unspecified atom stereocenters. The number of aliphatic hydroxyl groups is 3. The van der Waals surface area contributed by atoms with E-state index in [-0.39, 0.29) is 18.6 Å². The Morgan fingerprint density at radius 2 is 1.60 bits per heavy atom. The first-order valence-corrected chi connectivity index (χ1v) is 8.92. The molecule has 3 aliphatic rings. The molecule has 0 aromatic rings. The molecule has 0 radical (unpaired) electrons. The first-order valence-electron chi connectivity index (χ1n) is 8.92. The van der Waals surface area contributed by atoms with Crippen LogP contribution in [0.25, 0.3) is 0 Å². The van der Waals surface area contributed by atoms with Crippen LogP contribution in [0.3, 0.4) is 0 Å². The first-order chi connectivity index (χ1) is 11.8. The minimum Gasteiger partial charge on any atom is -0.457 e. The fourth-order valence-corrected chi connectivity index (χ4v) is 3.91. The molecular weight excluding hydrogens is 332 g/mol. The average Bonchev–Trinajstić information content (AvgIpc) is 2.94. The Labute approximate surface area is 146 Å². The second-order valence-corrected chi connectivity index (χ2v) is 7.26. The van der Waals surface area contributed by atoms with Crippen LogP contribution in [0, 0.1) is 0 Å². The topological polar surface area (TPSA) is 123 Å². The van der Waals surface area contributed by atoms with E-state index in [2.05, 4.69) is 0 Å². The summed E-state index contributed by atoms with van der Waals surface area (Å²) in [6.45, 7) is 1.37. The summed E-state index contributed by atoms with van der Waals surface area (Å²) in [6.07, 6.45) is -3.04. The van der Waals surface area contributed by atoms with Crippen LogP contribution in [0.15, 0.2) is 0 Å². The Morgan fingerprint density at radius 3 is 2.24 bits per heavy atom. The molecule has 8 nitrogen and oxygen atoms in total. The molecule has 3 N–H and O–H groups in total. The maximum absolute atomic E-state index is 12.0. The van der Waals surface area contributed by atoms with E-state index >= 15 is 0 Å². The van der Waals surface area contributed by atoms with Crippen LogP contribution in [0.1, 0.15) is 51.9 Å². The Hall–Kier alpha value is -1.06. The monoisotopic (exact) mass is 358 g/mol. The van der Waals surface area contributed by atoms with E-state index in [1.165, 1.54) is 6.92 Å². The van der Waals surface area contributed by atoms with Crippen molar-refractivity contribution >= 4 is 11.8 Å². The Morgan fingerprint density at radius 1 is 0.960 bits per heavy atom. The van der Waals surface area contributed by atoms with Gasteiger partial charge in [0.1, 0.15) is 36.3 Å². The number of aliphatic hydroxyl groups excluding tert-OH is 3. The number of rotatable bonds is 4. The summed E-state index contributed by atoms with van der Waals surface area (Å²) in [6, 6.07) is 0. The van der Waals surface area contributed by atoms with Gasteiger partial charge < -0.3 is 34.3 Å². The van der Waals surface area contributed by atoms with Gasteiger partial charge >= 0.3 is 5.97 Å². The number of ketones is 1. The van der Waals surface area contributed by atoms with Crippen LogP contribution in [0.4, 0.5) is 0 Å². The fraction of sp³-hybridized carbons (Fsp3) is 0.882. The van der Waals surface area contributed by atoms with Crippen molar-refractivity contribution in [1.82, 2.24) is 0 Å². The molecule has 3 fully saturated rings. The van der Waals surface area contributed by atoms with E-state index in [0.29, 0.717) is 12.8 Å². The third kappa shape index (κ3) is 3.73. The molecule has 142 valence electrons. The number of hydrogen-bond acceptors (Lipinski definition) is 8. The minimum atomic E-state index is -1.51. The van der Waals surface area contributed by atoms with Gasteiger partial charge in [-0.15, -0.1) is 0 Å². The smallest absolute Gasteiger partial charge is 0.306 e. The molecule has 0 aromatic heterocycles. The Kier molecular flexibility index (Phi) is 5.45. The van der Waals surface area contributed by atoms with E-state index in [1.54, 1.807) is 0 Å². The summed E-state index contributed by atoms with van der Waals surface area (Å²) in [7, 11) is 0. The molecule has 2 aliphatic carbocycles. The average molecular weight is 358 g/mol. The summed E-state index contributed by atoms with van der Waals surface area (Å²) < 4.78 is 17.3. The minimum absolute atomic E-state index is 0.0439. The number of carbonyl (C=O) groups is 2. The van der Waals surface area contributed by atoms with Gasteiger partial charge in [-0.25, -0.2) is 0 Å². The molecule has 0 amide bonds. The van der Waals surface area contributed by atoms with Crippen LogP contribution in [0.2, 0.25) is 0 Å². The molecule has 0 aromatic carbocycles.